The number of methoxy groups -OCH3 is 1. The highest BCUT2D eigenvalue weighted by Gasteiger charge is 2.52. The van der Waals surface area contributed by atoms with Crippen LogP contribution in [0.4, 0.5) is 4.79 Å². The first-order valence-electron chi connectivity index (χ1n) is 13.6. The molecule has 40 heavy (non-hydrogen) atoms. The number of ether oxygens (including phenoxy) is 2. The van der Waals surface area contributed by atoms with Crippen LogP contribution in [-0.4, -0.2) is 49.8 Å². The van der Waals surface area contributed by atoms with Crippen LogP contribution in [0.15, 0.2) is 72.2 Å². The lowest BCUT2D eigenvalue weighted by Gasteiger charge is -2.32. The Morgan fingerprint density at radius 3 is 2.15 bits per heavy atom. The molecule has 1 aliphatic heterocycles. The van der Waals surface area contributed by atoms with Gasteiger partial charge in [0.25, 0.3) is 0 Å². The molecule has 1 aliphatic carbocycles. The molecular weight excluding hydrogens is 505 g/mol. The molecule has 1 heterocycles. The zero-order valence-electron chi connectivity index (χ0n) is 23.7. The molecule has 5 rings (SSSR count). The van der Waals surface area contributed by atoms with E-state index in [-0.39, 0.29) is 25.7 Å². The van der Waals surface area contributed by atoms with Crippen LogP contribution in [0.5, 0.6) is 5.75 Å². The summed E-state index contributed by atoms with van der Waals surface area (Å²) in [6.07, 6.45) is 1.40. The Balaban J connectivity index is 1.32. The summed E-state index contributed by atoms with van der Waals surface area (Å²) in [6, 6.07) is 22.0. The van der Waals surface area contributed by atoms with Gasteiger partial charge in [0.05, 0.1) is 24.9 Å². The first-order valence-corrected chi connectivity index (χ1v) is 13.6. The topological polar surface area (TPSA) is 86.3 Å². The van der Waals surface area contributed by atoms with Crippen LogP contribution in [-0.2, 0) is 20.7 Å². The van der Waals surface area contributed by atoms with Gasteiger partial charge in [-0.05, 0) is 67.1 Å². The SMILES string of the molecule is COc1cc(C=C(CNC(=O)OCC2c3ccccc3-c3ccccc32)B2OC(C)(C)C(C)(C)O2)ccc1CO. The standard InChI is InChI=1S/C32H36BNO6/c1-31(2)32(3,4)40-33(39-31)23(16-21-14-15-22(19-35)29(17-21)37-5)18-34-30(36)38-20-28-26-12-8-6-10-24(26)25-11-7-9-13-27(25)28/h6-17,28,35H,18-20H2,1-5H3,(H,34,36). The minimum Gasteiger partial charge on any atom is -0.496 e. The Morgan fingerprint density at radius 1 is 0.975 bits per heavy atom. The average molecular weight is 541 g/mol. The Morgan fingerprint density at radius 2 is 1.57 bits per heavy atom. The molecule has 8 heteroatoms. The minimum atomic E-state index is -0.664. The molecule has 1 saturated heterocycles. The van der Waals surface area contributed by atoms with Crippen LogP contribution in [0.2, 0.25) is 0 Å². The van der Waals surface area contributed by atoms with E-state index in [9.17, 15) is 9.90 Å². The molecule has 3 aromatic rings. The fourth-order valence-electron chi connectivity index (χ4n) is 5.22. The predicted molar refractivity (Wildman–Crippen MR) is 156 cm³/mol. The number of carbonyl (C=O) groups is 1. The summed E-state index contributed by atoms with van der Waals surface area (Å²) >= 11 is 0. The highest BCUT2D eigenvalue weighted by molar-refractivity contribution is 6.56. The van der Waals surface area contributed by atoms with Gasteiger partial charge in [0.2, 0.25) is 0 Å². The number of hydrogen-bond acceptors (Lipinski definition) is 6. The molecule has 7 nitrogen and oxygen atoms in total. The predicted octanol–water partition coefficient (Wildman–Crippen LogP) is 5.74. The third kappa shape index (κ3) is 5.39. The van der Waals surface area contributed by atoms with Crippen LogP contribution >= 0.6 is 0 Å². The number of amides is 1. The van der Waals surface area contributed by atoms with Gasteiger partial charge in [0.15, 0.2) is 0 Å². The van der Waals surface area contributed by atoms with Gasteiger partial charge < -0.3 is 29.2 Å². The quantitative estimate of drug-likeness (QED) is 0.354. The molecule has 2 N–H and O–H groups in total. The van der Waals surface area contributed by atoms with E-state index in [1.54, 1.807) is 7.11 Å². The van der Waals surface area contributed by atoms with Gasteiger partial charge in [-0.3, -0.25) is 0 Å². The van der Waals surface area contributed by atoms with Crippen molar-refractivity contribution in [3.8, 4) is 16.9 Å². The number of carbonyl (C=O) groups excluding carboxylic acids is 1. The number of nitrogens with one attached hydrogen (secondary N) is 1. The van der Waals surface area contributed by atoms with Crippen molar-refractivity contribution < 1.29 is 28.7 Å². The van der Waals surface area contributed by atoms with Crippen molar-refractivity contribution in [3.63, 3.8) is 0 Å². The first kappa shape index (κ1) is 28.0. The van der Waals surface area contributed by atoms with Gasteiger partial charge in [-0.2, -0.15) is 0 Å². The number of rotatable bonds is 8. The molecule has 2 aliphatic rings. The van der Waals surface area contributed by atoms with E-state index in [1.807, 2.05) is 76.2 Å². The lowest BCUT2D eigenvalue weighted by Crippen LogP contribution is -2.41. The average Bonchev–Trinajstić information content (AvgIpc) is 3.38. The highest BCUT2D eigenvalue weighted by atomic mass is 16.7. The normalized spacial score (nSPS) is 17.4. The van der Waals surface area contributed by atoms with E-state index < -0.39 is 24.4 Å². The maximum absolute atomic E-state index is 12.9. The molecule has 0 atom stereocenters. The first-order chi connectivity index (χ1) is 19.1. The second kappa shape index (κ2) is 11.1. The third-order valence-electron chi connectivity index (χ3n) is 8.17. The lowest BCUT2D eigenvalue weighted by atomic mass is 9.77. The summed E-state index contributed by atoms with van der Waals surface area (Å²) < 4.78 is 23.8. The molecule has 208 valence electrons. The Labute approximate surface area is 236 Å². The third-order valence-corrected chi connectivity index (χ3v) is 8.17. The second-order valence-corrected chi connectivity index (χ2v) is 11.2. The fraction of sp³-hybridized carbons (Fsp3) is 0.344. The Hall–Kier alpha value is -3.59. The largest absolute Gasteiger partial charge is 0.496 e. The molecule has 0 radical (unpaired) electrons. The second-order valence-electron chi connectivity index (χ2n) is 11.2. The van der Waals surface area contributed by atoms with E-state index in [0.717, 1.165) is 22.2 Å². The van der Waals surface area contributed by atoms with Gasteiger partial charge in [0, 0.05) is 18.0 Å². The van der Waals surface area contributed by atoms with E-state index >= 15 is 0 Å². The maximum atomic E-state index is 12.9. The van der Waals surface area contributed by atoms with Crippen LogP contribution in [0.25, 0.3) is 17.2 Å². The summed E-state index contributed by atoms with van der Waals surface area (Å²) in [7, 11) is 0.901. The summed E-state index contributed by atoms with van der Waals surface area (Å²) in [5.41, 5.74) is 5.84. The van der Waals surface area contributed by atoms with E-state index in [1.165, 1.54) is 11.1 Å². The van der Waals surface area contributed by atoms with Gasteiger partial charge in [-0.15, -0.1) is 0 Å². The molecule has 0 saturated carbocycles. The number of fused-ring (bicyclic) bond motifs is 3. The summed E-state index contributed by atoms with van der Waals surface area (Å²) in [4.78, 5) is 12.9. The number of hydrogen-bond donors (Lipinski definition) is 2. The molecule has 1 amide bonds. The lowest BCUT2D eigenvalue weighted by molar-refractivity contribution is 0.00578. The smallest absolute Gasteiger partial charge is 0.492 e. The molecule has 0 aromatic heterocycles. The molecule has 0 spiro atoms. The van der Waals surface area contributed by atoms with Crippen molar-refractivity contribution in [3.05, 3.63) is 94.5 Å². The zero-order valence-corrected chi connectivity index (χ0v) is 23.7. The van der Waals surface area contributed by atoms with Crippen LogP contribution < -0.4 is 10.1 Å². The summed E-state index contributed by atoms with van der Waals surface area (Å²) in [5, 5.41) is 12.5. The highest BCUT2D eigenvalue weighted by Crippen LogP contribution is 2.44. The minimum absolute atomic E-state index is 0.0197. The molecule has 1 fully saturated rings. The number of benzene rings is 3. The van der Waals surface area contributed by atoms with E-state index in [0.29, 0.717) is 11.3 Å². The van der Waals surface area contributed by atoms with Crippen molar-refractivity contribution in [2.75, 3.05) is 20.3 Å². The van der Waals surface area contributed by atoms with Crippen LogP contribution in [0, 0.1) is 0 Å². The van der Waals surface area contributed by atoms with Gasteiger partial charge in [0.1, 0.15) is 12.4 Å². The van der Waals surface area contributed by atoms with Crippen LogP contribution in [0.3, 0.4) is 0 Å². The van der Waals surface area contributed by atoms with Crippen LogP contribution in [0.1, 0.15) is 55.9 Å². The van der Waals surface area contributed by atoms with Gasteiger partial charge in [-0.25, -0.2) is 4.79 Å². The van der Waals surface area contributed by atoms with E-state index in [2.05, 4.69) is 29.6 Å². The van der Waals surface area contributed by atoms with Crippen molar-refractivity contribution in [2.24, 2.45) is 0 Å². The Bertz CT molecular complexity index is 1370. The molecule has 3 aromatic carbocycles. The van der Waals surface area contributed by atoms with Gasteiger partial charge in [-0.1, -0.05) is 66.7 Å². The Kier molecular flexibility index (Phi) is 7.77. The fourth-order valence-corrected chi connectivity index (χ4v) is 5.22. The summed E-state index contributed by atoms with van der Waals surface area (Å²) in [6.45, 7) is 8.23. The maximum Gasteiger partial charge on any atom is 0.492 e. The molecule has 0 unspecified atom stereocenters. The van der Waals surface area contributed by atoms with Crippen molar-refractivity contribution in [2.45, 2.75) is 51.4 Å². The number of aliphatic hydroxyl groups is 1. The van der Waals surface area contributed by atoms with Crippen molar-refractivity contribution >= 4 is 19.3 Å². The van der Waals surface area contributed by atoms with Crippen molar-refractivity contribution in [1.29, 1.82) is 0 Å². The molecule has 0 bridgehead atoms. The zero-order chi connectivity index (χ0) is 28.5. The van der Waals surface area contributed by atoms with Gasteiger partial charge >= 0.3 is 13.2 Å². The number of alkyl carbamates (subject to hydrolysis) is 1. The molecular formula is C32H36BNO6. The van der Waals surface area contributed by atoms with Crippen molar-refractivity contribution in [1.82, 2.24) is 5.32 Å². The number of aliphatic hydroxyl groups excluding tert-OH is 1. The monoisotopic (exact) mass is 541 g/mol. The summed E-state index contributed by atoms with van der Waals surface area (Å²) in [5.74, 6) is 0.558. The van der Waals surface area contributed by atoms with E-state index in [4.69, 9.17) is 18.8 Å².